The highest BCUT2D eigenvalue weighted by atomic mass is 35.5. The number of hydrogen-bond donors (Lipinski definition) is 0. The van der Waals surface area contributed by atoms with Crippen LogP contribution in [0.2, 0.25) is 10.4 Å². The van der Waals surface area contributed by atoms with E-state index in [1.807, 2.05) is 13.8 Å². The van der Waals surface area contributed by atoms with E-state index in [0.29, 0.717) is 10.8 Å². The molecule has 0 aromatic carbocycles. The Morgan fingerprint density at radius 3 is 2.38 bits per heavy atom. The van der Waals surface area contributed by atoms with E-state index in [2.05, 4.69) is 9.97 Å². The lowest BCUT2D eigenvalue weighted by atomic mass is 10.1. The second kappa shape index (κ2) is 3.78. The molecule has 0 saturated heterocycles. The van der Waals surface area contributed by atoms with Crippen molar-refractivity contribution in [1.82, 2.24) is 9.97 Å². The molecule has 0 aliphatic rings. The van der Waals surface area contributed by atoms with Crippen molar-refractivity contribution < 1.29 is 4.74 Å². The van der Waals surface area contributed by atoms with Gasteiger partial charge in [0.05, 0.1) is 5.69 Å². The van der Waals surface area contributed by atoms with Crippen LogP contribution in [0.25, 0.3) is 0 Å². The maximum atomic E-state index is 5.72. The Balaban J connectivity index is 3.15. The van der Waals surface area contributed by atoms with Crippen LogP contribution in [0.1, 0.15) is 19.5 Å². The molecule has 0 atom stereocenters. The summed E-state index contributed by atoms with van der Waals surface area (Å²) in [5.74, 6) is 0. The van der Waals surface area contributed by atoms with Crippen molar-refractivity contribution in [3.63, 3.8) is 0 Å². The lowest BCUT2D eigenvalue weighted by molar-refractivity contribution is 0.0154. The Hall–Kier alpha value is -0.380. The second-order valence-electron chi connectivity index (χ2n) is 3.06. The van der Waals surface area contributed by atoms with Crippen LogP contribution >= 0.6 is 23.2 Å². The molecular formula is C8H10Cl2N2O. The molecule has 0 bridgehead atoms. The van der Waals surface area contributed by atoms with Gasteiger partial charge in [0.1, 0.15) is 10.8 Å². The predicted molar refractivity (Wildman–Crippen MR) is 52.1 cm³/mol. The zero-order valence-corrected chi connectivity index (χ0v) is 9.15. The summed E-state index contributed by atoms with van der Waals surface area (Å²) in [5, 5.41) is 0.452. The number of aromatic nitrogens is 2. The van der Waals surface area contributed by atoms with E-state index < -0.39 is 5.60 Å². The number of rotatable bonds is 2. The highest BCUT2D eigenvalue weighted by molar-refractivity contribution is 6.31. The number of ether oxygens (including phenoxy) is 1. The SMILES string of the molecule is COC(C)(C)c1cc(Cl)nc(Cl)n1. The molecule has 0 spiro atoms. The smallest absolute Gasteiger partial charge is 0.224 e. The molecule has 0 amide bonds. The Labute approximate surface area is 87.1 Å². The average molecular weight is 221 g/mol. The summed E-state index contributed by atoms with van der Waals surface area (Å²) in [5.41, 5.74) is 0.163. The molecule has 1 rings (SSSR count). The predicted octanol–water partition coefficient (Wildman–Crippen LogP) is 2.66. The largest absolute Gasteiger partial charge is 0.373 e. The van der Waals surface area contributed by atoms with E-state index in [1.165, 1.54) is 0 Å². The zero-order chi connectivity index (χ0) is 10.1. The molecule has 5 heteroatoms. The highest BCUT2D eigenvalue weighted by Gasteiger charge is 2.22. The highest BCUT2D eigenvalue weighted by Crippen LogP contribution is 2.24. The average Bonchev–Trinajstić information content (AvgIpc) is 2.02. The minimum absolute atomic E-state index is 0.132. The summed E-state index contributed by atoms with van der Waals surface area (Å²) >= 11 is 11.4. The van der Waals surface area contributed by atoms with E-state index in [4.69, 9.17) is 27.9 Å². The van der Waals surface area contributed by atoms with Crippen molar-refractivity contribution in [3.8, 4) is 0 Å². The third-order valence-corrected chi connectivity index (χ3v) is 2.16. The van der Waals surface area contributed by atoms with Crippen LogP contribution in [0.3, 0.4) is 0 Å². The van der Waals surface area contributed by atoms with Gasteiger partial charge in [-0.1, -0.05) is 11.6 Å². The summed E-state index contributed by atoms with van der Waals surface area (Å²) in [6.45, 7) is 3.75. The Kier molecular flexibility index (Phi) is 3.11. The van der Waals surface area contributed by atoms with Gasteiger partial charge in [-0.15, -0.1) is 0 Å². The van der Waals surface area contributed by atoms with Crippen LogP contribution in [-0.4, -0.2) is 17.1 Å². The van der Waals surface area contributed by atoms with E-state index in [-0.39, 0.29) is 5.28 Å². The fourth-order valence-corrected chi connectivity index (χ4v) is 1.21. The normalized spacial score (nSPS) is 11.8. The van der Waals surface area contributed by atoms with Crippen LogP contribution in [-0.2, 0) is 10.3 Å². The Morgan fingerprint density at radius 1 is 1.31 bits per heavy atom. The first-order valence-electron chi connectivity index (χ1n) is 3.71. The fourth-order valence-electron chi connectivity index (χ4n) is 0.803. The molecule has 0 N–H and O–H groups in total. The Morgan fingerprint density at radius 2 is 1.92 bits per heavy atom. The standard InChI is InChI=1S/C8H10Cl2N2O/c1-8(2,13-3)5-4-6(9)12-7(10)11-5/h4H,1-3H3. The van der Waals surface area contributed by atoms with Crippen LogP contribution in [0.5, 0.6) is 0 Å². The lowest BCUT2D eigenvalue weighted by Crippen LogP contribution is -2.21. The molecule has 3 nitrogen and oxygen atoms in total. The maximum Gasteiger partial charge on any atom is 0.224 e. The molecule has 1 aromatic rings. The van der Waals surface area contributed by atoms with Gasteiger partial charge in [-0.3, -0.25) is 0 Å². The van der Waals surface area contributed by atoms with Gasteiger partial charge < -0.3 is 4.74 Å². The first kappa shape index (κ1) is 10.7. The van der Waals surface area contributed by atoms with Gasteiger partial charge in [-0.25, -0.2) is 9.97 Å². The van der Waals surface area contributed by atoms with Crippen molar-refractivity contribution in [2.24, 2.45) is 0 Å². The number of halogens is 2. The topological polar surface area (TPSA) is 35.0 Å². The van der Waals surface area contributed by atoms with Crippen LogP contribution in [0.4, 0.5) is 0 Å². The van der Waals surface area contributed by atoms with Gasteiger partial charge in [-0.2, -0.15) is 0 Å². The van der Waals surface area contributed by atoms with E-state index in [0.717, 1.165) is 0 Å². The maximum absolute atomic E-state index is 5.72. The van der Waals surface area contributed by atoms with Gasteiger partial charge in [0, 0.05) is 13.2 Å². The molecule has 72 valence electrons. The summed E-state index contributed by atoms with van der Waals surface area (Å²) in [6.07, 6.45) is 0. The molecular weight excluding hydrogens is 211 g/mol. The lowest BCUT2D eigenvalue weighted by Gasteiger charge is -2.21. The molecule has 0 aliphatic heterocycles. The quantitative estimate of drug-likeness (QED) is 0.568. The Bertz CT molecular complexity index is 295. The first-order chi connectivity index (χ1) is 5.95. The second-order valence-corrected chi connectivity index (χ2v) is 3.78. The zero-order valence-electron chi connectivity index (χ0n) is 7.64. The number of hydrogen-bond acceptors (Lipinski definition) is 3. The molecule has 0 radical (unpaired) electrons. The minimum Gasteiger partial charge on any atom is -0.373 e. The van der Waals surface area contributed by atoms with Crippen molar-refractivity contribution >= 4 is 23.2 Å². The third kappa shape index (κ3) is 2.53. The van der Waals surface area contributed by atoms with E-state index in [9.17, 15) is 0 Å². The van der Waals surface area contributed by atoms with Gasteiger partial charge >= 0.3 is 0 Å². The summed E-state index contributed by atoms with van der Waals surface area (Å²) < 4.78 is 5.23. The summed E-state index contributed by atoms with van der Waals surface area (Å²) in [7, 11) is 1.60. The van der Waals surface area contributed by atoms with Crippen molar-refractivity contribution in [2.75, 3.05) is 7.11 Å². The van der Waals surface area contributed by atoms with Crippen LogP contribution in [0, 0.1) is 0 Å². The molecule has 0 aliphatic carbocycles. The van der Waals surface area contributed by atoms with Crippen molar-refractivity contribution in [2.45, 2.75) is 19.4 Å². The minimum atomic E-state index is -0.504. The van der Waals surface area contributed by atoms with Gasteiger partial charge in [0.2, 0.25) is 5.28 Å². The molecule has 1 aromatic heterocycles. The molecule has 13 heavy (non-hydrogen) atoms. The first-order valence-corrected chi connectivity index (χ1v) is 4.47. The van der Waals surface area contributed by atoms with Crippen LogP contribution < -0.4 is 0 Å². The van der Waals surface area contributed by atoms with E-state index in [1.54, 1.807) is 13.2 Å². The van der Waals surface area contributed by atoms with Crippen LogP contribution in [0.15, 0.2) is 6.07 Å². The summed E-state index contributed by atoms with van der Waals surface area (Å²) in [6, 6.07) is 1.64. The number of nitrogens with zero attached hydrogens (tertiary/aromatic N) is 2. The fraction of sp³-hybridized carbons (Fsp3) is 0.500. The van der Waals surface area contributed by atoms with E-state index >= 15 is 0 Å². The molecule has 0 saturated carbocycles. The molecule has 1 heterocycles. The van der Waals surface area contributed by atoms with Gasteiger partial charge in [0.25, 0.3) is 0 Å². The monoisotopic (exact) mass is 220 g/mol. The third-order valence-electron chi connectivity index (χ3n) is 1.79. The summed E-state index contributed by atoms with van der Waals surface area (Å²) in [4.78, 5) is 7.77. The van der Waals surface area contributed by atoms with Crippen molar-refractivity contribution in [3.05, 3.63) is 22.2 Å². The molecule has 0 unspecified atom stereocenters. The number of methoxy groups -OCH3 is 1. The van der Waals surface area contributed by atoms with Gasteiger partial charge in [-0.05, 0) is 25.4 Å². The van der Waals surface area contributed by atoms with Gasteiger partial charge in [0.15, 0.2) is 0 Å². The molecule has 0 fully saturated rings. The van der Waals surface area contributed by atoms with Crippen molar-refractivity contribution in [1.29, 1.82) is 0 Å².